The Labute approximate surface area is 113 Å². The Morgan fingerprint density at radius 1 is 1.32 bits per heavy atom. The third-order valence-corrected chi connectivity index (χ3v) is 2.99. The van der Waals surface area contributed by atoms with Crippen molar-refractivity contribution in [3.8, 4) is 0 Å². The van der Waals surface area contributed by atoms with Gasteiger partial charge in [-0.2, -0.15) is 5.10 Å². The first-order chi connectivity index (χ1) is 8.90. The number of rotatable bonds is 2. The Morgan fingerprint density at radius 3 is 2.53 bits per heavy atom. The number of ether oxygens (including phenoxy) is 1. The second-order valence-corrected chi connectivity index (χ2v) is 5.01. The van der Waals surface area contributed by atoms with Crippen LogP contribution in [0.15, 0.2) is 40.7 Å². The molecule has 0 aromatic heterocycles. The quantitative estimate of drug-likeness (QED) is 0.715. The van der Waals surface area contributed by atoms with Gasteiger partial charge in [0.1, 0.15) is 5.76 Å². The Bertz CT molecular complexity index is 527. The molecule has 5 nitrogen and oxygen atoms in total. The van der Waals surface area contributed by atoms with Crippen molar-refractivity contribution < 1.29 is 9.53 Å². The summed E-state index contributed by atoms with van der Waals surface area (Å²) in [7, 11) is 3.57. The van der Waals surface area contributed by atoms with Crippen LogP contribution in [0.4, 0.5) is 0 Å². The molecular weight excluding hydrogens is 242 g/mol. The van der Waals surface area contributed by atoms with Gasteiger partial charge in [0, 0.05) is 20.3 Å². The molecule has 0 saturated heterocycles. The summed E-state index contributed by atoms with van der Waals surface area (Å²) < 4.78 is 5.53. The molecule has 0 aliphatic carbocycles. The lowest BCUT2D eigenvalue weighted by Gasteiger charge is -2.08. The number of hydrazone groups is 1. The number of carbonyl (C=O) groups excluding carboxylic acids is 1. The van der Waals surface area contributed by atoms with Crippen LogP contribution >= 0.6 is 0 Å². The summed E-state index contributed by atoms with van der Waals surface area (Å²) in [6.45, 7) is 5.94. The normalized spacial score (nSPS) is 23.6. The lowest BCUT2D eigenvalue weighted by atomic mass is 10.00. The summed E-state index contributed by atoms with van der Waals surface area (Å²) in [5.74, 6) is 1.67. The van der Waals surface area contributed by atoms with Gasteiger partial charge in [-0.25, -0.2) is 5.01 Å². The molecule has 19 heavy (non-hydrogen) atoms. The highest BCUT2D eigenvalue weighted by Crippen LogP contribution is 2.22. The maximum Gasteiger partial charge on any atom is 0.275 e. The minimum absolute atomic E-state index is 0.0779. The minimum Gasteiger partial charge on any atom is -0.444 e. The third kappa shape index (κ3) is 2.54. The summed E-state index contributed by atoms with van der Waals surface area (Å²) in [5, 5.41) is 5.64. The monoisotopic (exact) mass is 261 g/mol. The molecule has 0 spiro atoms. The van der Waals surface area contributed by atoms with Crippen LogP contribution in [0.5, 0.6) is 0 Å². The first-order valence-corrected chi connectivity index (χ1v) is 6.28. The number of hydrogen-bond acceptors (Lipinski definition) is 4. The number of likely N-dealkylation sites (N-methyl/N-ethyl adjacent to an activating group) is 1. The first kappa shape index (κ1) is 13.4. The molecule has 5 heteroatoms. The summed E-state index contributed by atoms with van der Waals surface area (Å²) in [6.07, 6.45) is 5.48. The lowest BCUT2D eigenvalue weighted by Crippen LogP contribution is -2.17. The van der Waals surface area contributed by atoms with Crippen molar-refractivity contribution in [1.82, 2.24) is 9.91 Å². The van der Waals surface area contributed by atoms with E-state index in [2.05, 4.69) is 5.10 Å². The van der Waals surface area contributed by atoms with Crippen LogP contribution in [0.2, 0.25) is 0 Å². The highest BCUT2D eigenvalue weighted by Gasteiger charge is 2.28. The van der Waals surface area contributed by atoms with Crippen molar-refractivity contribution in [2.45, 2.75) is 20.8 Å². The highest BCUT2D eigenvalue weighted by molar-refractivity contribution is 6.25. The molecule has 2 heterocycles. The SMILES string of the molecule is CC1=CN(C)/C(=C\C=C2\C(=O)N(C)N=C2C(C)C)O1. The van der Waals surface area contributed by atoms with Gasteiger partial charge >= 0.3 is 0 Å². The van der Waals surface area contributed by atoms with E-state index in [1.165, 1.54) is 5.01 Å². The van der Waals surface area contributed by atoms with Crippen molar-refractivity contribution in [2.24, 2.45) is 11.0 Å². The Hall–Kier alpha value is -2.04. The molecule has 102 valence electrons. The van der Waals surface area contributed by atoms with Gasteiger partial charge in [0.05, 0.1) is 11.3 Å². The summed E-state index contributed by atoms with van der Waals surface area (Å²) >= 11 is 0. The maximum atomic E-state index is 12.0. The highest BCUT2D eigenvalue weighted by atomic mass is 16.5. The van der Waals surface area contributed by atoms with Crippen LogP contribution in [0.1, 0.15) is 20.8 Å². The van der Waals surface area contributed by atoms with E-state index in [1.54, 1.807) is 19.2 Å². The van der Waals surface area contributed by atoms with E-state index < -0.39 is 0 Å². The minimum atomic E-state index is -0.0779. The lowest BCUT2D eigenvalue weighted by molar-refractivity contribution is -0.124. The summed E-state index contributed by atoms with van der Waals surface area (Å²) in [6, 6.07) is 0. The van der Waals surface area contributed by atoms with E-state index >= 15 is 0 Å². The molecule has 0 N–H and O–H groups in total. The van der Waals surface area contributed by atoms with E-state index in [9.17, 15) is 4.79 Å². The molecule has 0 atom stereocenters. The zero-order chi connectivity index (χ0) is 14.2. The molecule has 0 aromatic carbocycles. The van der Waals surface area contributed by atoms with Crippen molar-refractivity contribution in [3.05, 3.63) is 35.6 Å². The Morgan fingerprint density at radius 2 is 2.00 bits per heavy atom. The molecule has 2 rings (SSSR count). The van der Waals surface area contributed by atoms with Gasteiger partial charge in [-0.05, 0) is 25.0 Å². The van der Waals surface area contributed by atoms with Crippen LogP contribution in [0, 0.1) is 5.92 Å². The van der Waals surface area contributed by atoms with Crippen molar-refractivity contribution in [1.29, 1.82) is 0 Å². The van der Waals surface area contributed by atoms with Gasteiger partial charge in [-0.1, -0.05) is 13.8 Å². The zero-order valence-corrected chi connectivity index (χ0v) is 12.0. The fourth-order valence-electron chi connectivity index (χ4n) is 2.03. The smallest absolute Gasteiger partial charge is 0.275 e. The van der Waals surface area contributed by atoms with Crippen LogP contribution in [0.25, 0.3) is 0 Å². The molecular formula is C14H19N3O2. The largest absolute Gasteiger partial charge is 0.444 e. The van der Waals surface area contributed by atoms with Crippen LogP contribution in [0.3, 0.4) is 0 Å². The van der Waals surface area contributed by atoms with E-state index in [0.717, 1.165) is 11.5 Å². The average molecular weight is 261 g/mol. The standard InChI is InChI=1S/C14H19N3O2/c1-9(2)13-11(14(18)17(5)15-13)6-7-12-16(4)8-10(3)19-12/h6-9H,1-5H3/b11-6+,12-7+. The maximum absolute atomic E-state index is 12.0. The Kier molecular flexibility index (Phi) is 3.46. The zero-order valence-electron chi connectivity index (χ0n) is 12.0. The molecule has 0 saturated carbocycles. The fraction of sp³-hybridized carbons (Fsp3) is 0.429. The van der Waals surface area contributed by atoms with Gasteiger partial charge in [0.15, 0.2) is 5.88 Å². The fourth-order valence-corrected chi connectivity index (χ4v) is 2.03. The molecule has 0 bridgehead atoms. The van der Waals surface area contributed by atoms with E-state index in [-0.39, 0.29) is 11.8 Å². The number of amides is 1. The van der Waals surface area contributed by atoms with Gasteiger partial charge in [-0.3, -0.25) is 4.79 Å². The first-order valence-electron chi connectivity index (χ1n) is 6.28. The van der Waals surface area contributed by atoms with Crippen LogP contribution < -0.4 is 0 Å². The summed E-state index contributed by atoms with van der Waals surface area (Å²) in [4.78, 5) is 13.9. The van der Waals surface area contributed by atoms with Crippen molar-refractivity contribution in [2.75, 3.05) is 14.1 Å². The van der Waals surface area contributed by atoms with Gasteiger partial charge in [-0.15, -0.1) is 0 Å². The van der Waals surface area contributed by atoms with Gasteiger partial charge < -0.3 is 9.64 Å². The average Bonchev–Trinajstić information content (AvgIpc) is 2.79. The molecule has 0 unspecified atom stereocenters. The van der Waals surface area contributed by atoms with E-state index in [1.807, 2.05) is 38.9 Å². The topological polar surface area (TPSA) is 45.1 Å². The molecule has 2 aliphatic rings. The molecule has 1 amide bonds. The number of carbonyl (C=O) groups is 1. The van der Waals surface area contributed by atoms with Crippen LogP contribution in [-0.4, -0.2) is 35.6 Å². The van der Waals surface area contributed by atoms with Gasteiger partial charge in [0.2, 0.25) is 0 Å². The number of hydrogen-bond donors (Lipinski definition) is 0. The molecule has 0 radical (unpaired) electrons. The Balaban J connectivity index is 2.26. The van der Waals surface area contributed by atoms with Gasteiger partial charge in [0.25, 0.3) is 5.91 Å². The number of allylic oxidation sites excluding steroid dienone is 3. The predicted molar refractivity (Wildman–Crippen MR) is 73.8 cm³/mol. The van der Waals surface area contributed by atoms with Crippen LogP contribution in [-0.2, 0) is 9.53 Å². The second-order valence-electron chi connectivity index (χ2n) is 5.01. The third-order valence-electron chi connectivity index (χ3n) is 2.99. The van der Waals surface area contributed by atoms with Crippen molar-refractivity contribution >= 4 is 11.6 Å². The molecule has 2 aliphatic heterocycles. The predicted octanol–water partition coefficient (Wildman–Crippen LogP) is 2.06. The van der Waals surface area contributed by atoms with Crippen molar-refractivity contribution in [3.63, 3.8) is 0 Å². The number of nitrogens with zero attached hydrogens (tertiary/aromatic N) is 3. The summed E-state index contributed by atoms with van der Waals surface area (Å²) in [5.41, 5.74) is 1.45. The molecule has 0 aromatic rings. The second kappa shape index (κ2) is 4.91. The van der Waals surface area contributed by atoms with E-state index in [0.29, 0.717) is 11.5 Å². The molecule has 0 fully saturated rings. The van der Waals surface area contributed by atoms with E-state index in [4.69, 9.17) is 4.74 Å².